The number of carbonyl (C=O) groups is 1. The summed E-state index contributed by atoms with van der Waals surface area (Å²) in [6, 6.07) is 4.34. The van der Waals surface area contributed by atoms with Crippen LogP contribution < -0.4 is 5.43 Å². The maximum atomic E-state index is 13.2. The van der Waals surface area contributed by atoms with Crippen molar-refractivity contribution in [1.82, 2.24) is 9.78 Å². The van der Waals surface area contributed by atoms with Gasteiger partial charge in [0.1, 0.15) is 5.69 Å². The highest BCUT2D eigenvalue weighted by molar-refractivity contribution is 5.69. The van der Waals surface area contributed by atoms with Crippen molar-refractivity contribution in [1.29, 1.82) is 0 Å². The van der Waals surface area contributed by atoms with Gasteiger partial charge in [-0.25, -0.2) is 13.5 Å². The number of hydrogen-bond acceptors (Lipinski definition) is 3. The summed E-state index contributed by atoms with van der Waals surface area (Å²) in [6.07, 6.45) is -0.539. The number of aromatic nitrogens is 2. The summed E-state index contributed by atoms with van der Waals surface area (Å²) in [5.74, 6) is -3.25. The van der Waals surface area contributed by atoms with Gasteiger partial charge in [-0.3, -0.25) is 9.59 Å². The van der Waals surface area contributed by atoms with Crippen molar-refractivity contribution >= 4 is 5.97 Å². The van der Waals surface area contributed by atoms with Gasteiger partial charge in [0.05, 0.1) is 12.1 Å². The second kappa shape index (κ2) is 5.20. The summed E-state index contributed by atoms with van der Waals surface area (Å²) in [4.78, 5) is 22.3. The molecule has 0 saturated heterocycles. The molecule has 0 fully saturated rings. The third-order valence-electron chi connectivity index (χ3n) is 2.65. The molecule has 5 nitrogen and oxygen atoms in total. The first-order chi connectivity index (χ1) is 9.38. The fourth-order valence-corrected chi connectivity index (χ4v) is 1.73. The van der Waals surface area contributed by atoms with Gasteiger partial charge in [-0.05, 0) is 19.1 Å². The Morgan fingerprint density at radius 1 is 1.30 bits per heavy atom. The first kappa shape index (κ1) is 13.9. The van der Waals surface area contributed by atoms with E-state index in [0.29, 0.717) is 5.69 Å². The van der Waals surface area contributed by atoms with Crippen LogP contribution in [-0.2, 0) is 11.2 Å². The number of halogens is 2. The van der Waals surface area contributed by atoms with E-state index in [1.165, 1.54) is 16.8 Å². The molecule has 0 radical (unpaired) electrons. The zero-order valence-electron chi connectivity index (χ0n) is 10.4. The SMILES string of the molecule is Cc1cc(=O)c(CC(=O)O)nn1-c1ccc(F)c(F)c1. The molecule has 0 aliphatic heterocycles. The lowest BCUT2D eigenvalue weighted by Gasteiger charge is -2.10. The molecule has 0 aliphatic carbocycles. The monoisotopic (exact) mass is 280 g/mol. The predicted octanol–water partition coefficient (Wildman–Crippen LogP) is 1.45. The van der Waals surface area contributed by atoms with Crippen LogP contribution in [0.15, 0.2) is 29.1 Å². The molecule has 0 atom stereocenters. The Balaban J connectivity index is 2.58. The van der Waals surface area contributed by atoms with E-state index in [1.54, 1.807) is 6.92 Å². The van der Waals surface area contributed by atoms with Crippen LogP contribution in [0.1, 0.15) is 11.4 Å². The first-order valence-electron chi connectivity index (χ1n) is 5.65. The van der Waals surface area contributed by atoms with Crippen LogP contribution in [0.4, 0.5) is 8.78 Å². The number of rotatable bonds is 3. The Bertz CT molecular complexity index is 741. The second-order valence-corrected chi connectivity index (χ2v) is 4.18. The molecule has 1 heterocycles. The summed E-state index contributed by atoms with van der Waals surface area (Å²) in [7, 11) is 0. The Morgan fingerprint density at radius 2 is 2.00 bits per heavy atom. The minimum Gasteiger partial charge on any atom is -0.481 e. The molecule has 104 valence electrons. The quantitative estimate of drug-likeness (QED) is 0.923. The van der Waals surface area contributed by atoms with E-state index in [4.69, 9.17) is 5.11 Å². The molecule has 2 rings (SSSR count). The standard InChI is InChI=1S/C13H10F2N2O3/c1-7-4-12(18)11(6-13(19)20)16-17(7)8-2-3-9(14)10(15)5-8/h2-5H,6H2,1H3,(H,19,20). The third-order valence-corrected chi connectivity index (χ3v) is 2.65. The van der Waals surface area contributed by atoms with Crippen molar-refractivity contribution in [2.45, 2.75) is 13.3 Å². The van der Waals surface area contributed by atoms with E-state index in [1.807, 2.05) is 0 Å². The van der Waals surface area contributed by atoms with E-state index >= 15 is 0 Å². The maximum Gasteiger partial charge on any atom is 0.309 e. The molecule has 0 unspecified atom stereocenters. The van der Waals surface area contributed by atoms with Gasteiger partial charge in [0.25, 0.3) is 0 Å². The predicted molar refractivity (Wildman–Crippen MR) is 65.8 cm³/mol. The van der Waals surface area contributed by atoms with Gasteiger partial charge in [0, 0.05) is 17.8 Å². The summed E-state index contributed by atoms with van der Waals surface area (Å²) < 4.78 is 27.3. The molecule has 0 bridgehead atoms. The lowest BCUT2D eigenvalue weighted by atomic mass is 10.2. The first-order valence-corrected chi connectivity index (χ1v) is 5.65. The molecular formula is C13H10F2N2O3. The number of nitrogens with zero attached hydrogens (tertiary/aromatic N) is 2. The summed E-state index contributed by atoms with van der Waals surface area (Å²) in [5, 5.41) is 12.6. The smallest absolute Gasteiger partial charge is 0.309 e. The zero-order valence-corrected chi connectivity index (χ0v) is 10.4. The van der Waals surface area contributed by atoms with Crippen LogP contribution in [0.5, 0.6) is 0 Å². The van der Waals surface area contributed by atoms with Crippen molar-refractivity contribution in [3.8, 4) is 5.69 Å². The Hall–Kier alpha value is -2.57. The van der Waals surface area contributed by atoms with Gasteiger partial charge in [0.15, 0.2) is 11.6 Å². The van der Waals surface area contributed by atoms with Crippen molar-refractivity contribution in [3.05, 3.63) is 57.5 Å². The van der Waals surface area contributed by atoms with Gasteiger partial charge < -0.3 is 5.11 Å². The maximum absolute atomic E-state index is 13.2. The fraction of sp³-hybridized carbons (Fsp3) is 0.154. The van der Waals surface area contributed by atoms with E-state index in [2.05, 4.69) is 5.10 Å². The van der Waals surface area contributed by atoms with Crippen LogP contribution in [0, 0.1) is 18.6 Å². The van der Waals surface area contributed by atoms with Crippen LogP contribution in [0.2, 0.25) is 0 Å². The van der Waals surface area contributed by atoms with Crippen LogP contribution in [0.25, 0.3) is 5.69 Å². The normalized spacial score (nSPS) is 10.6. The minimum atomic E-state index is -1.20. The average molecular weight is 280 g/mol. The molecule has 0 amide bonds. The molecule has 0 saturated carbocycles. The molecule has 1 aromatic heterocycles. The number of aliphatic carboxylic acids is 1. The van der Waals surface area contributed by atoms with Crippen LogP contribution >= 0.6 is 0 Å². The van der Waals surface area contributed by atoms with Crippen molar-refractivity contribution in [3.63, 3.8) is 0 Å². The van der Waals surface area contributed by atoms with E-state index in [9.17, 15) is 18.4 Å². The number of hydrogen-bond donors (Lipinski definition) is 1. The topological polar surface area (TPSA) is 72.2 Å². The van der Waals surface area contributed by atoms with E-state index in [-0.39, 0.29) is 11.4 Å². The molecule has 0 aliphatic rings. The van der Waals surface area contributed by atoms with Gasteiger partial charge >= 0.3 is 5.97 Å². The lowest BCUT2D eigenvalue weighted by molar-refractivity contribution is -0.136. The highest BCUT2D eigenvalue weighted by Gasteiger charge is 2.12. The van der Waals surface area contributed by atoms with Gasteiger partial charge in [-0.15, -0.1) is 0 Å². The Morgan fingerprint density at radius 3 is 2.60 bits per heavy atom. The summed E-state index contributed by atoms with van der Waals surface area (Å²) >= 11 is 0. The molecular weight excluding hydrogens is 270 g/mol. The highest BCUT2D eigenvalue weighted by atomic mass is 19.2. The van der Waals surface area contributed by atoms with Gasteiger partial charge in [0.2, 0.25) is 5.43 Å². The molecule has 1 N–H and O–H groups in total. The van der Waals surface area contributed by atoms with Crippen molar-refractivity contribution in [2.24, 2.45) is 0 Å². The van der Waals surface area contributed by atoms with Crippen molar-refractivity contribution in [2.75, 3.05) is 0 Å². The Labute approximate surface area is 112 Å². The molecule has 20 heavy (non-hydrogen) atoms. The summed E-state index contributed by atoms with van der Waals surface area (Å²) in [5.41, 5.74) is -0.0975. The lowest BCUT2D eigenvalue weighted by Crippen LogP contribution is -2.21. The number of benzene rings is 1. The zero-order chi connectivity index (χ0) is 14.9. The largest absolute Gasteiger partial charge is 0.481 e. The summed E-state index contributed by atoms with van der Waals surface area (Å²) in [6.45, 7) is 1.56. The number of carboxylic acids is 1. The van der Waals surface area contributed by atoms with Gasteiger partial charge in [-0.1, -0.05) is 0 Å². The third kappa shape index (κ3) is 2.71. The van der Waals surface area contributed by atoms with Gasteiger partial charge in [-0.2, -0.15) is 5.10 Å². The van der Waals surface area contributed by atoms with Crippen LogP contribution in [-0.4, -0.2) is 20.9 Å². The molecule has 7 heteroatoms. The average Bonchev–Trinajstić information content (AvgIpc) is 2.36. The number of carboxylic acid groups (broad SMARTS) is 1. The molecule has 0 spiro atoms. The Kier molecular flexibility index (Phi) is 3.60. The number of aryl methyl sites for hydroxylation is 1. The molecule has 2 aromatic rings. The second-order valence-electron chi connectivity index (χ2n) is 4.18. The van der Waals surface area contributed by atoms with Crippen LogP contribution in [0.3, 0.4) is 0 Å². The van der Waals surface area contributed by atoms with E-state index in [0.717, 1.165) is 12.1 Å². The van der Waals surface area contributed by atoms with E-state index < -0.39 is 29.5 Å². The van der Waals surface area contributed by atoms with Crippen molar-refractivity contribution < 1.29 is 18.7 Å². The minimum absolute atomic E-state index is 0.173. The molecule has 1 aromatic carbocycles. The highest BCUT2D eigenvalue weighted by Crippen LogP contribution is 2.13. The fourth-order valence-electron chi connectivity index (χ4n) is 1.73.